The standard InChI is InChI=1S/C24H25ClF3N5O2/c1-2-3-4-7-32-22-17(11-21(25)30-22)23(34)33(24(32)35)8-5-6-15-12-29-31(13-15)14-18-19(27)9-16(26)10-20(18)28/h9-10,12-13H,2-8,11,14H2,1H3. The molecule has 3 aromatic rings. The Morgan fingerprint density at radius 1 is 1.03 bits per heavy atom. The van der Waals surface area contributed by atoms with Gasteiger partial charge < -0.3 is 0 Å². The first-order valence-electron chi connectivity index (χ1n) is 11.5. The van der Waals surface area contributed by atoms with Crippen LogP contribution in [0.1, 0.15) is 49.3 Å². The van der Waals surface area contributed by atoms with Crippen LogP contribution in [-0.2, 0) is 32.5 Å². The molecule has 0 radical (unpaired) electrons. The molecule has 0 spiro atoms. The number of aromatic nitrogens is 4. The van der Waals surface area contributed by atoms with Crippen molar-refractivity contribution in [3.05, 3.63) is 79.5 Å². The highest BCUT2D eigenvalue weighted by Crippen LogP contribution is 2.24. The molecule has 35 heavy (non-hydrogen) atoms. The normalized spacial score (nSPS) is 12.8. The summed E-state index contributed by atoms with van der Waals surface area (Å²) in [5.41, 5.74) is 0.140. The van der Waals surface area contributed by atoms with Crippen LogP contribution in [0.2, 0.25) is 0 Å². The maximum atomic E-state index is 13.9. The molecule has 1 aromatic carbocycles. The van der Waals surface area contributed by atoms with Crippen molar-refractivity contribution in [1.82, 2.24) is 18.9 Å². The summed E-state index contributed by atoms with van der Waals surface area (Å²) >= 11 is 6.07. The third-order valence-electron chi connectivity index (χ3n) is 5.99. The third-order valence-corrected chi connectivity index (χ3v) is 6.20. The molecule has 0 aliphatic carbocycles. The molecule has 0 bridgehead atoms. The van der Waals surface area contributed by atoms with Crippen LogP contribution in [0.3, 0.4) is 0 Å². The van der Waals surface area contributed by atoms with E-state index >= 15 is 0 Å². The van der Waals surface area contributed by atoms with E-state index in [1.54, 1.807) is 12.4 Å². The van der Waals surface area contributed by atoms with Crippen LogP contribution in [0, 0.1) is 17.5 Å². The van der Waals surface area contributed by atoms with Crippen LogP contribution in [0.15, 0.2) is 39.1 Å². The predicted molar refractivity (Wildman–Crippen MR) is 127 cm³/mol. The van der Waals surface area contributed by atoms with Crippen molar-refractivity contribution in [3.63, 3.8) is 0 Å². The monoisotopic (exact) mass is 507 g/mol. The first-order chi connectivity index (χ1) is 16.8. The maximum Gasteiger partial charge on any atom is 0.332 e. The Balaban J connectivity index is 1.46. The Morgan fingerprint density at radius 2 is 1.74 bits per heavy atom. The van der Waals surface area contributed by atoms with Crippen LogP contribution in [0.4, 0.5) is 19.0 Å². The number of benzene rings is 1. The lowest BCUT2D eigenvalue weighted by molar-refractivity contribution is 0.508. The number of fused-ring (bicyclic) bond motifs is 1. The second kappa shape index (κ2) is 10.6. The molecule has 4 rings (SSSR count). The van der Waals surface area contributed by atoms with E-state index in [1.807, 2.05) is 0 Å². The summed E-state index contributed by atoms with van der Waals surface area (Å²) in [6.07, 6.45) is 7.11. The fourth-order valence-corrected chi connectivity index (χ4v) is 4.41. The van der Waals surface area contributed by atoms with Gasteiger partial charge in [-0.3, -0.25) is 18.6 Å². The molecule has 0 N–H and O–H groups in total. The first kappa shape index (κ1) is 25.0. The lowest BCUT2D eigenvalue weighted by Crippen LogP contribution is -2.41. The highest BCUT2D eigenvalue weighted by atomic mass is 35.5. The zero-order valence-electron chi connectivity index (χ0n) is 19.2. The Labute approximate surface area is 204 Å². The van der Waals surface area contributed by atoms with Gasteiger partial charge >= 0.3 is 5.69 Å². The lowest BCUT2D eigenvalue weighted by atomic mass is 10.2. The van der Waals surface area contributed by atoms with Crippen molar-refractivity contribution in [3.8, 4) is 0 Å². The van der Waals surface area contributed by atoms with Crippen LogP contribution in [-0.4, -0.2) is 24.1 Å². The number of unbranched alkanes of at least 4 members (excludes halogenated alkanes) is 2. The minimum Gasteiger partial charge on any atom is -0.278 e. The van der Waals surface area contributed by atoms with Crippen molar-refractivity contribution >= 4 is 22.6 Å². The molecule has 0 amide bonds. The number of hydrogen-bond acceptors (Lipinski definition) is 4. The van der Waals surface area contributed by atoms with Gasteiger partial charge in [-0.25, -0.2) is 23.0 Å². The quantitative estimate of drug-likeness (QED) is 0.384. The largest absolute Gasteiger partial charge is 0.332 e. The average molecular weight is 508 g/mol. The molecule has 1 aliphatic rings. The highest BCUT2D eigenvalue weighted by Gasteiger charge is 2.24. The molecule has 2 aromatic heterocycles. The van der Waals surface area contributed by atoms with Crippen molar-refractivity contribution in [2.45, 2.75) is 65.1 Å². The average Bonchev–Trinajstić information content (AvgIpc) is 3.41. The molecule has 1 aliphatic heterocycles. The fourth-order valence-electron chi connectivity index (χ4n) is 4.19. The van der Waals surface area contributed by atoms with Crippen LogP contribution in [0.5, 0.6) is 0 Å². The molecule has 0 fully saturated rings. The molecular formula is C24H25ClF3N5O2. The number of nitrogens with zero attached hydrogens (tertiary/aromatic N) is 5. The molecule has 186 valence electrons. The Morgan fingerprint density at radius 3 is 2.46 bits per heavy atom. The lowest BCUT2D eigenvalue weighted by Gasteiger charge is -2.14. The van der Waals surface area contributed by atoms with Gasteiger partial charge in [0.25, 0.3) is 5.56 Å². The van der Waals surface area contributed by atoms with E-state index in [0.29, 0.717) is 48.1 Å². The van der Waals surface area contributed by atoms with Gasteiger partial charge in [0.05, 0.1) is 18.3 Å². The van der Waals surface area contributed by atoms with E-state index in [0.717, 1.165) is 24.8 Å². The summed E-state index contributed by atoms with van der Waals surface area (Å²) in [4.78, 5) is 30.3. The van der Waals surface area contributed by atoms with Crippen LogP contribution < -0.4 is 11.2 Å². The van der Waals surface area contributed by atoms with E-state index in [1.165, 1.54) is 13.8 Å². The van der Waals surface area contributed by atoms with Crippen molar-refractivity contribution in [2.75, 3.05) is 0 Å². The van der Waals surface area contributed by atoms with Gasteiger partial charge in [0, 0.05) is 43.4 Å². The van der Waals surface area contributed by atoms with E-state index in [9.17, 15) is 22.8 Å². The molecule has 3 heterocycles. The molecule has 0 saturated heterocycles. The topological polar surface area (TPSA) is 74.2 Å². The van der Waals surface area contributed by atoms with Gasteiger partial charge in [0.2, 0.25) is 0 Å². The number of aliphatic imine (C=N–C) groups is 1. The minimum absolute atomic E-state index is 0.189. The summed E-state index contributed by atoms with van der Waals surface area (Å²) in [6.45, 7) is 2.54. The van der Waals surface area contributed by atoms with Crippen LogP contribution >= 0.6 is 11.6 Å². The molecule has 0 unspecified atom stereocenters. The Bertz CT molecular complexity index is 1370. The summed E-state index contributed by atoms with van der Waals surface area (Å²) in [7, 11) is 0. The number of rotatable bonds is 10. The third kappa shape index (κ3) is 5.42. The van der Waals surface area contributed by atoms with Crippen molar-refractivity contribution < 1.29 is 13.2 Å². The van der Waals surface area contributed by atoms with Crippen LogP contribution in [0.25, 0.3) is 0 Å². The second-order valence-electron chi connectivity index (χ2n) is 8.56. The summed E-state index contributed by atoms with van der Waals surface area (Å²) < 4.78 is 45.1. The zero-order valence-corrected chi connectivity index (χ0v) is 20.0. The van der Waals surface area contributed by atoms with Gasteiger partial charge in [0.15, 0.2) is 0 Å². The molecule has 11 heteroatoms. The van der Waals surface area contributed by atoms with Gasteiger partial charge in [0.1, 0.15) is 28.4 Å². The predicted octanol–water partition coefficient (Wildman–Crippen LogP) is 4.32. The molecule has 0 saturated carbocycles. The van der Waals surface area contributed by atoms with Gasteiger partial charge in [-0.2, -0.15) is 5.10 Å². The molecular weight excluding hydrogens is 483 g/mol. The van der Waals surface area contributed by atoms with Gasteiger partial charge in [-0.15, -0.1) is 0 Å². The van der Waals surface area contributed by atoms with E-state index < -0.39 is 23.1 Å². The SMILES string of the molecule is CCCCCn1c2c(c(=O)n(CCCc3cnn(Cc4c(F)cc(F)cc4F)c3)c1=O)CC(Cl)=N2. The maximum absolute atomic E-state index is 13.9. The Kier molecular flexibility index (Phi) is 7.59. The number of hydrogen-bond donors (Lipinski definition) is 0. The second-order valence-corrected chi connectivity index (χ2v) is 9.00. The first-order valence-corrected chi connectivity index (χ1v) is 11.9. The summed E-state index contributed by atoms with van der Waals surface area (Å²) in [5, 5.41) is 4.41. The molecule has 7 nitrogen and oxygen atoms in total. The fraction of sp³-hybridized carbons (Fsp3) is 0.417. The van der Waals surface area contributed by atoms with E-state index in [-0.39, 0.29) is 30.6 Å². The Hall–Kier alpha value is -3.14. The number of aryl methyl sites for hydroxylation is 1. The smallest absolute Gasteiger partial charge is 0.278 e. The van der Waals surface area contributed by atoms with E-state index in [2.05, 4.69) is 17.0 Å². The molecule has 0 atom stereocenters. The summed E-state index contributed by atoms with van der Waals surface area (Å²) in [5.74, 6) is -2.58. The van der Waals surface area contributed by atoms with Gasteiger partial charge in [-0.05, 0) is 24.8 Å². The zero-order chi connectivity index (χ0) is 25.1. The minimum atomic E-state index is -0.982. The van der Waals surface area contributed by atoms with Gasteiger partial charge in [-0.1, -0.05) is 31.4 Å². The highest BCUT2D eigenvalue weighted by molar-refractivity contribution is 6.66. The van der Waals surface area contributed by atoms with E-state index in [4.69, 9.17) is 11.6 Å². The van der Waals surface area contributed by atoms with Crippen molar-refractivity contribution in [2.24, 2.45) is 4.99 Å². The summed E-state index contributed by atoms with van der Waals surface area (Å²) in [6, 6.07) is 1.26. The van der Waals surface area contributed by atoms with Crippen molar-refractivity contribution in [1.29, 1.82) is 0 Å². The number of halogens is 4.